The molecule has 0 aromatic carbocycles. The highest BCUT2D eigenvalue weighted by Crippen LogP contribution is 2.32. The Morgan fingerprint density at radius 3 is 2.80 bits per heavy atom. The van der Waals surface area contributed by atoms with E-state index in [2.05, 4.69) is 17.6 Å². The van der Waals surface area contributed by atoms with Crippen molar-refractivity contribution in [1.82, 2.24) is 10.6 Å². The lowest BCUT2D eigenvalue weighted by atomic mass is 9.77. The molecule has 116 valence electrons. The van der Waals surface area contributed by atoms with E-state index in [0.717, 1.165) is 45.2 Å². The quantitative estimate of drug-likeness (QED) is 0.720. The molecular formula is C15H28N2O2S. The monoisotopic (exact) mass is 300 g/mol. The molecule has 0 spiro atoms. The standard InChI is InChI=1S/C15H28N2O2S/c1-12-3-2-6-15(9-12,11-18)17-14(19)10-20-13-4-7-16-8-5-13/h12-13,16,18H,2-11H2,1H3,(H,17,19). The highest BCUT2D eigenvalue weighted by Gasteiger charge is 2.35. The molecule has 1 heterocycles. The fourth-order valence-corrected chi connectivity index (χ4v) is 4.47. The predicted molar refractivity (Wildman–Crippen MR) is 83.9 cm³/mol. The van der Waals surface area contributed by atoms with Crippen molar-refractivity contribution in [3.63, 3.8) is 0 Å². The third kappa shape index (κ3) is 4.64. The van der Waals surface area contributed by atoms with Gasteiger partial charge in [-0.1, -0.05) is 19.8 Å². The van der Waals surface area contributed by atoms with Crippen LogP contribution < -0.4 is 10.6 Å². The zero-order valence-electron chi connectivity index (χ0n) is 12.5. The zero-order chi connectivity index (χ0) is 14.4. The van der Waals surface area contributed by atoms with Gasteiger partial charge in [-0.2, -0.15) is 0 Å². The number of carbonyl (C=O) groups is 1. The molecule has 2 rings (SSSR count). The van der Waals surface area contributed by atoms with Crippen molar-refractivity contribution in [1.29, 1.82) is 0 Å². The Morgan fingerprint density at radius 1 is 1.40 bits per heavy atom. The van der Waals surface area contributed by atoms with Crippen LogP contribution in [0.4, 0.5) is 0 Å². The maximum Gasteiger partial charge on any atom is 0.230 e. The van der Waals surface area contributed by atoms with Crippen molar-refractivity contribution < 1.29 is 9.90 Å². The van der Waals surface area contributed by atoms with Gasteiger partial charge >= 0.3 is 0 Å². The minimum atomic E-state index is -0.358. The summed E-state index contributed by atoms with van der Waals surface area (Å²) < 4.78 is 0. The first-order valence-corrected chi connectivity index (χ1v) is 8.93. The number of hydrogen-bond acceptors (Lipinski definition) is 4. The molecule has 3 N–H and O–H groups in total. The van der Waals surface area contributed by atoms with Crippen molar-refractivity contribution in [3.05, 3.63) is 0 Å². The summed E-state index contributed by atoms with van der Waals surface area (Å²) in [6.07, 6.45) is 6.44. The van der Waals surface area contributed by atoms with Crippen LogP contribution in [-0.4, -0.2) is 47.3 Å². The fraction of sp³-hybridized carbons (Fsp3) is 0.933. The van der Waals surface area contributed by atoms with Crippen LogP contribution >= 0.6 is 11.8 Å². The summed E-state index contributed by atoms with van der Waals surface area (Å²) in [5, 5.41) is 16.8. The molecule has 1 saturated heterocycles. The van der Waals surface area contributed by atoms with E-state index in [0.29, 0.717) is 16.9 Å². The average molecular weight is 300 g/mol. The van der Waals surface area contributed by atoms with Gasteiger partial charge in [0.25, 0.3) is 0 Å². The van der Waals surface area contributed by atoms with Crippen LogP contribution in [0.3, 0.4) is 0 Å². The first kappa shape index (κ1) is 16.1. The molecule has 0 aromatic rings. The van der Waals surface area contributed by atoms with Gasteiger partial charge in [0.05, 0.1) is 17.9 Å². The smallest absolute Gasteiger partial charge is 0.230 e. The van der Waals surface area contributed by atoms with Gasteiger partial charge in [0.2, 0.25) is 5.91 Å². The second kappa shape index (κ2) is 7.66. The number of rotatable bonds is 5. The van der Waals surface area contributed by atoms with E-state index in [1.165, 1.54) is 6.42 Å². The second-order valence-electron chi connectivity index (χ2n) is 6.45. The maximum absolute atomic E-state index is 12.2. The molecule has 2 fully saturated rings. The third-order valence-electron chi connectivity index (χ3n) is 4.54. The van der Waals surface area contributed by atoms with Gasteiger partial charge in [0, 0.05) is 5.25 Å². The predicted octanol–water partition coefficient (Wildman–Crippen LogP) is 1.53. The molecule has 0 radical (unpaired) electrons. The van der Waals surface area contributed by atoms with Crippen molar-refractivity contribution in [3.8, 4) is 0 Å². The summed E-state index contributed by atoms with van der Waals surface area (Å²) in [7, 11) is 0. The normalized spacial score (nSPS) is 32.0. The highest BCUT2D eigenvalue weighted by atomic mass is 32.2. The van der Waals surface area contributed by atoms with E-state index in [9.17, 15) is 9.90 Å². The van der Waals surface area contributed by atoms with Crippen LogP contribution in [-0.2, 0) is 4.79 Å². The molecule has 1 amide bonds. The lowest BCUT2D eigenvalue weighted by molar-refractivity contribution is -0.121. The first-order valence-electron chi connectivity index (χ1n) is 7.88. The molecule has 1 aliphatic carbocycles. The molecule has 20 heavy (non-hydrogen) atoms. The Balaban J connectivity index is 1.76. The molecular weight excluding hydrogens is 272 g/mol. The molecule has 0 aromatic heterocycles. The van der Waals surface area contributed by atoms with Gasteiger partial charge in [-0.25, -0.2) is 0 Å². The highest BCUT2D eigenvalue weighted by molar-refractivity contribution is 8.00. The summed E-state index contributed by atoms with van der Waals surface area (Å²) in [5.41, 5.74) is -0.358. The second-order valence-corrected chi connectivity index (χ2v) is 7.74. The van der Waals surface area contributed by atoms with Gasteiger partial charge in [0.1, 0.15) is 0 Å². The molecule has 2 aliphatic rings. The lowest BCUT2D eigenvalue weighted by Crippen LogP contribution is -2.54. The van der Waals surface area contributed by atoms with Crippen molar-refractivity contribution in [2.45, 2.75) is 56.2 Å². The third-order valence-corrected chi connectivity index (χ3v) is 5.91. The van der Waals surface area contributed by atoms with E-state index in [4.69, 9.17) is 0 Å². The number of carbonyl (C=O) groups excluding carboxylic acids is 1. The summed E-state index contributed by atoms with van der Waals surface area (Å²) in [6.45, 7) is 4.41. The van der Waals surface area contributed by atoms with Crippen LogP contribution in [0.1, 0.15) is 45.4 Å². The number of piperidine rings is 1. The number of hydrogen-bond donors (Lipinski definition) is 3. The van der Waals surface area contributed by atoms with Crippen LogP contribution in [0.5, 0.6) is 0 Å². The van der Waals surface area contributed by atoms with Crippen LogP contribution in [0.15, 0.2) is 0 Å². The lowest BCUT2D eigenvalue weighted by Gasteiger charge is -2.39. The Kier molecular flexibility index (Phi) is 6.18. The topological polar surface area (TPSA) is 61.4 Å². The SMILES string of the molecule is CC1CCCC(CO)(NC(=O)CSC2CCNCC2)C1. The average Bonchev–Trinajstić information content (AvgIpc) is 2.46. The Bertz CT molecular complexity index is 321. The molecule has 2 atom stereocenters. The maximum atomic E-state index is 12.2. The fourth-order valence-electron chi connectivity index (χ4n) is 3.44. The summed E-state index contributed by atoms with van der Waals surface area (Å²) in [6, 6.07) is 0. The Hall–Kier alpha value is -0.260. The Morgan fingerprint density at radius 2 is 2.15 bits per heavy atom. The van der Waals surface area contributed by atoms with E-state index in [-0.39, 0.29) is 18.1 Å². The van der Waals surface area contributed by atoms with Crippen molar-refractivity contribution >= 4 is 17.7 Å². The molecule has 1 aliphatic heterocycles. The molecule has 2 unspecified atom stereocenters. The van der Waals surface area contributed by atoms with E-state index in [1.807, 2.05) is 0 Å². The van der Waals surface area contributed by atoms with Crippen LogP contribution in [0, 0.1) is 5.92 Å². The summed E-state index contributed by atoms with van der Waals surface area (Å²) >= 11 is 1.77. The number of amides is 1. The van der Waals surface area contributed by atoms with Gasteiger partial charge < -0.3 is 15.7 Å². The van der Waals surface area contributed by atoms with Gasteiger partial charge in [0.15, 0.2) is 0 Å². The van der Waals surface area contributed by atoms with E-state index in [1.54, 1.807) is 11.8 Å². The van der Waals surface area contributed by atoms with E-state index >= 15 is 0 Å². The first-order chi connectivity index (χ1) is 9.63. The van der Waals surface area contributed by atoms with Crippen LogP contribution in [0.25, 0.3) is 0 Å². The van der Waals surface area contributed by atoms with Gasteiger partial charge in [-0.05, 0) is 44.7 Å². The number of thioether (sulfide) groups is 1. The number of nitrogens with one attached hydrogen (secondary N) is 2. The van der Waals surface area contributed by atoms with E-state index < -0.39 is 0 Å². The molecule has 0 bridgehead atoms. The van der Waals surface area contributed by atoms with Gasteiger partial charge in [-0.15, -0.1) is 11.8 Å². The minimum Gasteiger partial charge on any atom is -0.394 e. The zero-order valence-corrected chi connectivity index (χ0v) is 13.3. The molecule has 1 saturated carbocycles. The largest absolute Gasteiger partial charge is 0.394 e. The van der Waals surface area contributed by atoms with Crippen molar-refractivity contribution in [2.24, 2.45) is 5.92 Å². The minimum absolute atomic E-state index is 0.0705. The Labute approximate surface area is 126 Å². The van der Waals surface area contributed by atoms with Crippen LogP contribution in [0.2, 0.25) is 0 Å². The summed E-state index contributed by atoms with van der Waals surface area (Å²) in [5.74, 6) is 1.21. The number of aliphatic hydroxyl groups excluding tert-OH is 1. The molecule has 4 nitrogen and oxygen atoms in total. The number of aliphatic hydroxyl groups is 1. The van der Waals surface area contributed by atoms with Gasteiger partial charge in [-0.3, -0.25) is 4.79 Å². The van der Waals surface area contributed by atoms with Crippen molar-refractivity contribution in [2.75, 3.05) is 25.4 Å². The summed E-state index contributed by atoms with van der Waals surface area (Å²) in [4.78, 5) is 12.2. The molecule has 5 heteroatoms.